The summed E-state index contributed by atoms with van der Waals surface area (Å²) in [5, 5.41) is 9.45. The summed E-state index contributed by atoms with van der Waals surface area (Å²) in [6.45, 7) is 5.55. The van der Waals surface area contributed by atoms with E-state index in [1.165, 1.54) is 25.1 Å². The second kappa shape index (κ2) is 7.18. The SMILES string of the molecule is CC(C)[C@H]1Cc2cc(OCCC3CC3)c3c(c2-c2cc(=O)c(C(=O)O)cn21)CCO3. The van der Waals surface area contributed by atoms with E-state index in [0.717, 1.165) is 59.1 Å². The number of benzene rings is 1. The minimum atomic E-state index is -1.18. The van der Waals surface area contributed by atoms with Crippen molar-refractivity contribution in [2.75, 3.05) is 13.2 Å². The molecule has 0 saturated heterocycles. The van der Waals surface area contributed by atoms with Gasteiger partial charge >= 0.3 is 5.97 Å². The Kier molecular flexibility index (Phi) is 4.60. The van der Waals surface area contributed by atoms with Crippen molar-refractivity contribution in [2.24, 2.45) is 11.8 Å². The molecule has 3 heterocycles. The zero-order valence-electron chi connectivity index (χ0n) is 17.4. The molecule has 158 valence electrons. The monoisotopic (exact) mass is 409 g/mol. The number of carboxylic acid groups (broad SMARTS) is 1. The van der Waals surface area contributed by atoms with Crippen LogP contribution in [-0.4, -0.2) is 28.9 Å². The Labute approximate surface area is 175 Å². The van der Waals surface area contributed by atoms with Crippen molar-refractivity contribution in [3.8, 4) is 22.8 Å². The molecule has 1 atom stereocenters. The summed E-state index contributed by atoms with van der Waals surface area (Å²) in [4.78, 5) is 24.1. The highest BCUT2D eigenvalue weighted by atomic mass is 16.5. The highest BCUT2D eigenvalue weighted by Crippen LogP contribution is 2.48. The molecule has 1 aromatic heterocycles. The standard InChI is InChI=1S/C24H27NO5/c1-13(2)18-9-15-10-21(29-7-5-14-3-4-14)23-16(6-8-30-23)22(15)19-11-20(26)17(24(27)28)12-25(18)19/h10-14,18H,3-9H2,1-2H3,(H,27,28)/t18-/m1/s1. The van der Waals surface area contributed by atoms with Crippen LogP contribution in [0.1, 0.15) is 60.6 Å². The number of aromatic carboxylic acids is 1. The lowest BCUT2D eigenvalue weighted by atomic mass is 9.84. The predicted molar refractivity (Wildman–Crippen MR) is 113 cm³/mol. The van der Waals surface area contributed by atoms with Crippen molar-refractivity contribution >= 4 is 5.97 Å². The van der Waals surface area contributed by atoms with Crippen LogP contribution in [0.5, 0.6) is 11.5 Å². The van der Waals surface area contributed by atoms with Gasteiger partial charge in [0.1, 0.15) is 5.56 Å². The quantitative estimate of drug-likeness (QED) is 0.778. The third-order valence-corrected chi connectivity index (χ3v) is 6.63. The summed E-state index contributed by atoms with van der Waals surface area (Å²) in [6.07, 6.45) is 6.75. The molecule has 1 aromatic carbocycles. The summed E-state index contributed by atoms with van der Waals surface area (Å²) in [7, 11) is 0. The molecule has 2 aromatic rings. The average molecular weight is 409 g/mol. The molecule has 5 rings (SSSR count). The van der Waals surface area contributed by atoms with Crippen LogP contribution in [0.15, 0.2) is 23.1 Å². The summed E-state index contributed by atoms with van der Waals surface area (Å²) in [5.41, 5.74) is 3.40. The normalized spacial score (nSPS) is 19.1. The first-order valence-electron chi connectivity index (χ1n) is 10.9. The number of rotatable bonds is 6. The van der Waals surface area contributed by atoms with Gasteiger partial charge in [0.05, 0.1) is 18.9 Å². The van der Waals surface area contributed by atoms with E-state index >= 15 is 0 Å². The first kappa shape index (κ1) is 19.2. The molecule has 6 nitrogen and oxygen atoms in total. The number of nitrogens with zero attached hydrogens (tertiary/aromatic N) is 1. The Morgan fingerprint density at radius 2 is 2.13 bits per heavy atom. The zero-order chi connectivity index (χ0) is 21.0. The number of pyridine rings is 1. The number of ether oxygens (including phenoxy) is 2. The van der Waals surface area contributed by atoms with Gasteiger partial charge in [0.25, 0.3) is 0 Å². The maximum Gasteiger partial charge on any atom is 0.341 e. The second-order valence-corrected chi connectivity index (χ2v) is 9.06. The van der Waals surface area contributed by atoms with Crippen LogP contribution in [0.4, 0.5) is 0 Å². The first-order valence-corrected chi connectivity index (χ1v) is 10.9. The fourth-order valence-electron chi connectivity index (χ4n) is 4.80. The molecular formula is C24H27NO5. The summed E-state index contributed by atoms with van der Waals surface area (Å²) >= 11 is 0. The van der Waals surface area contributed by atoms with Crippen molar-refractivity contribution < 1.29 is 19.4 Å². The maximum atomic E-state index is 12.5. The number of carbonyl (C=O) groups is 1. The molecule has 1 aliphatic carbocycles. The molecule has 6 heteroatoms. The van der Waals surface area contributed by atoms with Gasteiger partial charge in [-0.05, 0) is 36.3 Å². The van der Waals surface area contributed by atoms with Crippen LogP contribution < -0.4 is 14.9 Å². The van der Waals surface area contributed by atoms with Gasteiger partial charge in [-0.25, -0.2) is 4.79 Å². The zero-order valence-corrected chi connectivity index (χ0v) is 17.4. The van der Waals surface area contributed by atoms with E-state index in [9.17, 15) is 14.7 Å². The van der Waals surface area contributed by atoms with E-state index in [4.69, 9.17) is 9.47 Å². The first-order chi connectivity index (χ1) is 14.4. The number of hydrogen-bond acceptors (Lipinski definition) is 4. The van der Waals surface area contributed by atoms with Gasteiger partial charge in [0.2, 0.25) is 0 Å². The minimum Gasteiger partial charge on any atom is -0.490 e. The highest BCUT2D eigenvalue weighted by Gasteiger charge is 2.34. The number of hydrogen-bond donors (Lipinski definition) is 1. The Bertz CT molecular complexity index is 1080. The molecule has 0 spiro atoms. The lowest BCUT2D eigenvalue weighted by Gasteiger charge is -2.34. The number of fused-ring (bicyclic) bond motifs is 5. The summed E-state index contributed by atoms with van der Waals surface area (Å²) < 4.78 is 14.1. The lowest BCUT2D eigenvalue weighted by molar-refractivity contribution is 0.0694. The van der Waals surface area contributed by atoms with Crippen LogP contribution in [0, 0.1) is 11.8 Å². The van der Waals surface area contributed by atoms with Crippen LogP contribution in [-0.2, 0) is 12.8 Å². The molecule has 0 amide bonds. The topological polar surface area (TPSA) is 77.8 Å². The Morgan fingerprint density at radius 3 is 2.83 bits per heavy atom. The fourth-order valence-corrected chi connectivity index (χ4v) is 4.80. The van der Waals surface area contributed by atoms with E-state index in [2.05, 4.69) is 19.9 Å². The third kappa shape index (κ3) is 3.18. The van der Waals surface area contributed by atoms with Crippen LogP contribution >= 0.6 is 0 Å². The smallest absolute Gasteiger partial charge is 0.341 e. The van der Waals surface area contributed by atoms with Gasteiger partial charge in [-0.15, -0.1) is 0 Å². The van der Waals surface area contributed by atoms with Crippen LogP contribution in [0.25, 0.3) is 11.3 Å². The molecule has 30 heavy (non-hydrogen) atoms. The van der Waals surface area contributed by atoms with Crippen LogP contribution in [0.3, 0.4) is 0 Å². The van der Waals surface area contributed by atoms with E-state index < -0.39 is 11.4 Å². The minimum absolute atomic E-state index is 0.0749. The molecule has 1 fully saturated rings. The largest absolute Gasteiger partial charge is 0.490 e. The molecule has 3 aliphatic rings. The summed E-state index contributed by atoms with van der Waals surface area (Å²) in [6, 6.07) is 3.65. The Morgan fingerprint density at radius 1 is 1.33 bits per heavy atom. The van der Waals surface area contributed by atoms with Gasteiger partial charge < -0.3 is 19.1 Å². The highest BCUT2D eigenvalue weighted by molar-refractivity contribution is 5.88. The molecule has 1 saturated carbocycles. The Balaban J connectivity index is 1.64. The molecule has 0 bridgehead atoms. The van der Waals surface area contributed by atoms with E-state index in [-0.39, 0.29) is 17.5 Å². The lowest BCUT2D eigenvalue weighted by Crippen LogP contribution is -2.28. The average Bonchev–Trinajstić information content (AvgIpc) is 3.39. The fraction of sp³-hybridized carbons (Fsp3) is 0.500. The Hall–Kier alpha value is -2.76. The maximum absolute atomic E-state index is 12.5. The molecule has 2 aliphatic heterocycles. The summed E-state index contributed by atoms with van der Waals surface area (Å²) in [5.74, 6) is 1.50. The van der Waals surface area contributed by atoms with Gasteiger partial charge in [0.15, 0.2) is 16.9 Å². The number of carboxylic acids is 1. The van der Waals surface area contributed by atoms with Crippen molar-refractivity contribution in [3.63, 3.8) is 0 Å². The van der Waals surface area contributed by atoms with Gasteiger partial charge in [-0.1, -0.05) is 26.7 Å². The van der Waals surface area contributed by atoms with E-state index in [1.54, 1.807) is 0 Å². The molecular weight excluding hydrogens is 382 g/mol. The van der Waals surface area contributed by atoms with Crippen LogP contribution in [0.2, 0.25) is 0 Å². The second-order valence-electron chi connectivity index (χ2n) is 9.06. The van der Waals surface area contributed by atoms with E-state index in [1.807, 2.05) is 4.57 Å². The number of aromatic nitrogens is 1. The molecule has 1 N–H and O–H groups in total. The van der Waals surface area contributed by atoms with Gasteiger partial charge in [-0.2, -0.15) is 0 Å². The third-order valence-electron chi connectivity index (χ3n) is 6.63. The van der Waals surface area contributed by atoms with Crippen molar-refractivity contribution in [1.82, 2.24) is 4.57 Å². The van der Waals surface area contributed by atoms with Crippen molar-refractivity contribution in [3.05, 3.63) is 45.2 Å². The van der Waals surface area contributed by atoms with Gasteiger partial charge in [0, 0.05) is 35.9 Å². The molecule has 0 unspecified atom stereocenters. The van der Waals surface area contributed by atoms with E-state index in [0.29, 0.717) is 13.2 Å². The van der Waals surface area contributed by atoms with Gasteiger partial charge in [-0.3, -0.25) is 4.79 Å². The molecule has 0 radical (unpaired) electrons. The van der Waals surface area contributed by atoms with Crippen molar-refractivity contribution in [1.29, 1.82) is 0 Å². The van der Waals surface area contributed by atoms with Crippen molar-refractivity contribution in [2.45, 2.75) is 52.0 Å². The predicted octanol–water partition coefficient (Wildman–Crippen LogP) is 4.08.